The van der Waals surface area contributed by atoms with Gasteiger partial charge in [0.25, 0.3) is 0 Å². The van der Waals surface area contributed by atoms with Crippen LogP contribution in [0, 0.1) is 0 Å². The molecule has 0 aromatic heterocycles. The molecule has 0 bridgehead atoms. The molecule has 0 saturated heterocycles. The van der Waals surface area contributed by atoms with Crippen molar-refractivity contribution in [3.05, 3.63) is 41.4 Å². The normalized spacial score (nSPS) is 10.1. The monoisotopic (exact) mass is 240 g/mol. The quantitative estimate of drug-likeness (QED) is 0.573. The first-order valence-corrected chi connectivity index (χ1v) is 5.99. The van der Waals surface area contributed by atoms with Gasteiger partial charge in [-0.05, 0) is 36.3 Å². The number of ether oxygens (including phenoxy) is 1. The van der Waals surface area contributed by atoms with E-state index in [1.165, 1.54) is 0 Å². The zero-order valence-electron chi connectivity index (χ0n) is 9.71. The standard InChI is InChI=1S/C13H18ClNO/c1-3-7-15-8-9-16-12-5-6-13(14)11(4-2)10-12/h3,5-6,10,15H,1,4,7-9H2,2H3/p+1. The van der Waals surface area contributed by atoms with Crippen LogP contribution >= 0.6 is 11.6 Å². The summed E-state index contributed by atoms with van der Waals surface area (Å²) < 4.78 is 5.63. The molecule has 0 saturated carbocycles. The van der Waals surface area contributed by atoms with Crippen molar-refractivity contribution in [3.63, 3.8) is 0 Å². The fourth-order valence-corrected chi connectivity index (χ4v) is 1.66. The van der Waals surface area contributed by atoms with Crippen molar-refractivity contribution in [1.29, 1.82) is 0 Å². The average Bonchev–Trinajstić information content (AvgIpc) is 2.31. The molecule has 2 N–H and O–H groups in total. The van der Waals surface area contributed by atoms with Gasteiger partial charge >= 0.3 is 0 Å². The Morgan fingerprint density at radius 3 is 3.00 bits per heavy atom. The molecule has 0 atom stereocenters. The second kappa shape index (κ2) is 7.31. The van der Waals surface area contributed by atoms with Gasteiger partial charge < -0.3 is 10.1 Å². The third-order valence-electron chi connectivity index (χ3n) is 2.32. The highest BCUT2D eigenvalue weighted by molar-refractivity contribution is 6.31. The van der Waals surface area contributed by atoms with Crippen LogP contribution in [0.3, 0.4) is 0 Å². The Kier molecular flexibility index (Phi) is 5.98. The molecule has 0 heterocycles. The van der Waals surface area contributed by atoms with Crippen LogP contribution in [0.2, 0.25) is 5.02 Å². The summed E-state index contributed by atoms with van der Waals surface area (Å²) in [5, 5.41) is 2.97. The minimum absolute atomic E-state index is 0.707. The zero-order chi connectivity index (χ0) is 11.8. The number of halogens is 1. The average molecular weight is 241 g/mol. The number of nitrogens with two attached hydrogens (primary N) is 1. The fraction of sp³-hybridized carbons (Fsp3) is 0.385. The van der Waals surface area contributed by atoms with Crippen LogP contribution in [0.5, 0.6) is 5.75 Å². The van der Waals surface area contributed by atoms with Gasteiger partial charge in [0, 0.05) is 5.02 Å². The summed E-state index contributed by atoms with van der Waals surface area (Å²) in [6.45, 7) is 8.33. The smallest absolute Gasteiger partial charge is 0.137 e. The molecule has 1 aromatic carbocycles. The molecule has 88 valence electrons. The van der Waals surface area contributed by atoms with Crippen LogP contribution in [0.15, 0.2) is 30.9 Å². The molecule has 0 spiro atoms. The molecule has 16 heavy (non-hydrogen) atoms. The second-order valence-corrected chi connectivity index (χ2v) is 3.96. The van der Waals surface area contributed by atoms with Crippen LogP contribution in [-0.4, -0.2) is 19.7 Å². The Morgan fingerprint density at radius 2 is 2.31 bits per heavy atom. The van der Waals surface area contributed by atoms with Gasteiger partial charge in [-0.3, -0.25) is 0 Å². The van der Waals surface area contributed by atoms with Gasteiger partial charge in [0.15, 0.2) is 0 Å². The lowest BCUT2D eigenvalue weighted by Gasteiger charge is -2.07. The van der Waals surface area contributed by atoms with Crippen molar-refractivity contribution in [3.8, 4) is 5.75 Å². The molecular weight excluding hydrogens is 222 g/mol. The van der Waals surface area contributed by atoms with Crippen molar-refractivity contribution >= 4 is 11.6 Å². The van der Waals surface area contributed by atoms with E-state index in [0.717, 1.165) is 35.8 Å². The number of rotatable bonds is 7. The number of hydrogen-bond donors (Lipinski definition) is 1. The molecule has 0 unspecified atom stereocenters. The van der Waals surface area contributed by atoms with Gasteiger partial charge in [-0.15, -0.1) is 0 Å². The molecule has 0 aliphatic heterocycles. The van der Waals surface area contributed by atoms with Gasteiger partial charge in [-0.2, -0.15) is 0 Å². The predicted octanol–water partition coefficient (Wildman–Crippen LogP) is 2.03. The lowest BCUT2D eigenvalue weighted by atomic mass is 10.1. The van der Waals surface area contributed by atoms with Crippen LogP contribution in [0.1, 0.15) is 12.5 Å². The van der Waals surface area contributed by atoms with E-state index in [0.29, 0.717) is 6.61 Å². The van der Waals surface area contributed by atoms with E-state index in [9.17, 15) is 0 Å². The minimum Gasteiger partial charge on any atom is -0.488 e. The van der Waals surface area contributed by atoms with Crippen LogP contribution < -0.4 is 10.1 Å². The first-order chi connectivity index (χ1) is 7.77. The summed E-state index contributed by atoms with van der Waals surface area (Å²) in [5.74, 6) is 0.897. The van der Waals surface area contributed by atoms with Gasteiger partial charge in [0.05, 0.1) is 6.54 Å². The second-order valence-electron chi connectivity index (χ2n) is 3.56. The molecule has 1 rings (SSSR count). The van der Waals surface area contributed by atoms with Gasteiger partial charge in [0.2, 0.25) is 0 Å². The number of hydrogen-bond acceptors (Lipinski definition) is 1. The van der Waals surface area contributed by atoms with E-state index in [1.54, 1.807) is 0 Å². The summed E-state index contributed by atoms with van der Waals surface area (Å²) in [5.41, 5.74) is 1.13. The highest BCUT2D eigenvalue weighted by Crippen LogP contribution is 2.22. The third-order valence-corrected chi connectivity index (χ3v) is 2.69. The molecule has 1 aromatic rings. The Balaban J connectivity index is 2.39. The van der Waals surface area contributed by atoms with Crippen molar-refractivity contribution in [2.75, 3.05) is 19.7 Å². The largest absolute Gasteiger partial charge is 0.488 e. The third kappa shape index (κ3) is 4.25. The molecule has 0 amide bonds. The number of aryl methyl sites for hydroxylation is 1. The lowest BCUT2D eigenvalue weighted by Crippen LogP contribution is -2.85. The first kappa shape index (κ1) is 13.1. The van der Waals surface area contributed by atoms with Crippen LogP contribution in [0.4, 0.5) is 0 Å². The molecule has 3 heteroatoms. The molecule has 0 aliphatic carbocycles. The molecule has 0 aliphatic rings. The Labute approximate surface area is 102 Å². The van der Waals surface area contributed by atoms with Gasteiger partial charge in [-0.1, -0.05) is 25.1 Å². The Hall–Kier alpha value is -0.990. The summed E-state index contributed by atoms with van der Waals surface area (Å²) in [6, 6.07) is 5.81. The van der Waals surface area contributed by atoms with Gasteiger partial charge in [0.1, 0.15) is 18.9 Å². The molecule has 2 nitrogen and oxygen atoms in total. The topological polar surface area (TPSA) is 25.8 Å². The van der Waals surface area contributed by atoms with Crippen LogP contribution in [0.25, 0.3) is 0 Å². The van der Waals surface area contributed by atoms with Crippen molar-refractivity contribution in [2.45, 2.75) is 13.3 Å². The summed E-state index contributed by atoms with van der Waals surface area (Å²) in [6.07, 6.45) is 2.82. The molecule has 0 radical (unpaired) electrons. The number of quaternary nitrogens is 1. The Bertz CT molecular complexity index is 339. The molecule has 0 fully saturated rings. The van der Waals surface area contributed by atoms with E-state index in [4.69, 9.17) is 16.3 Å². The number of benzene rings is 1. The van der Waals surface area contributed by atoms with Gasteiger partial charge in [-0.25, -0.2) is 0 Å². The highest BCUT2D eigenvalue weighted by Gasteiger charge is 2.01. The Morgan fingerprint density at radius 1 is 1.50 bits per heavy atom. The molecular formula is C13H19ClNO+. The zero-order valence-corrected chi connectivity index (χ0v) is 10.5. The summed E-state index contributed by atoms with van der Waals surface area (Å²) in [4.78, 5) is 0. The van der Waals surface area contributed by atoms with E-state index < -0.39 is 0 Å². The van der Waals surface area contributed by atoms with Crippen molar-refractivity contribution < 1.29 is 10.1 Å². The summed E-state index contributed by atoms with van der Waals surface area (Å²) >= 11 is 6.03. The van der Waals surface area contributed by atoms with Crippen molar-refractivity contribution in [2.24, 2.45) is 0 Å². The minimum atomic E-state index is 0.707. The maximum atomic E-state index is 6.03. The maximum absolute atomic E-state index is 6.03. The van der Waals surface area contributed by atoms with Crippen LogP contribution in [-0.2, 0) is 6.42 Å². The SMILES string of the molecule is C=CC[NH2+]CCOc1ccc(Cl)c(CC)c1. The lowest BCUT2D eigenvalue weighted by molar-refractivity contribution is -0.646. The predicted molar refractivity (Wildman–Crippen MR) is 68.2 cm³/mol. The van der Waals surface area contributed by atoms with E-state index in [1.807, 2.05) is 24.3 Å². The van der Waals surface area contributed by atoms with E-state index >= 15 is 0 Å². The fourth-order valence-electron chi connectivity index (χ4n) is 1.41. The van der Waals surface area contributed by atoms with E-state index in [-0.39, 0.29) is 0 Å². The highest BCUT2D eigenvalue weighted by atomic mass is 35.5. The first-order valence-electron chi connectivity index (χ1n) is 5.61. The maximum Gasteiger partial charge on any atom is 0.137 e. The summed E-state index contributed by atoms with van der Waals surface area (Å²) in [7, 11) is 0. The van der Waals surface area contributed by atoms with E-state index in [2.05, 4.69) is 18.8 Å². The van der Waals surface area contributed by atoms with Crippen molar-refractivity contribution in [1.82, 2.24) is 0 Å².